The maximum Gasteiger partial charge on any atom is 0.335 e. The number of carboxylic acids is 1. The fraction of sp³-hybridized carbons (Fsp3) is 0.316. The van der Waals surface area contributed by atoms with Crippen LogP contribution in [0.2, 0.25) is 0 Å². The molecule has 2 aromatic rings. The fourth-order valence-corrected chi connectivity index (χ4v) is 2.88. The van der Waals surface area contributed by atoms with Gasteiger partial charge >= 0.3 is 12.0 Å². The standard InChI is InChI=1S/C19H22N4O3/c24-18(25)16-5-3-14(4-6-16)12-21-19(26)22-13-15-7-8-20-17(11-15)23-9-1-2-10-23/h3-8,11H,1-2,9-10,12-13H2,(H,24,25)(H2,21,22,26). The number of urea groups is 1. The van der Waals surface area contributed by atoms with E-state index >= 15 is 0 Å². The molecule has 1 aromatic carbocycles. The van der Waals surface area contributed by atoms with Crippen molar-refractivity contribution >= 4 is 17.8 Å². The smallest absolute Gasteiger partial charge is 0.335 e. The molecular formula is C19H22N4O3. The van der Waals surface area contributed by atoms with Crippen LogP contribution in [0, 0.1) is 0 Å². The number of nitrogens with zero attached hydrogens (tertiary/aromatic N) is 2. The largest absolute Gasteiger partial charge is 0.478 e. The van der Waals surface area contributed by atoms with Crippen LogP contribution in [0.4, 0.5) is 10.6 Å². The quantitative estimate of drug-likeness (QED) is 0.740. The zero-order chi connectivity index (χ0) is 18.4. The molecule has 0 bridgehead atoms. The molecule has 26 heavy (non-hydrogen) atoms. The van der Waals surface area contributed by atoms with Crippen molar-refractivity contribution in [3.8, 4) is 0 Å². The fourth-order valence-electron chi connectivity index (χ4n) is 2.88. The van der Waals surface area contributed by atoms with Crippen LogP contribution in [0.5, 0.6) is 0 Å². The monoisotopic (exact) mass is 354 g/mol. The van der Waals surface area contributed by atoms with Crippen LogP contribution in [0.3, 0.4) is 0 Å². The molecule has 1 fully saturated rings. The van der Waals surface area contributed by atoms with E-state index in [0.717, 1.165) is 30.0 Å². The average Bonchev–Trinajstić information content (AvgIpc) is 3.20. The van der Waals surface area contributed by atoms with Gasteiger partial charge in [0, 0.05) is 32.4 Å². The topological polar surface area (TPSA) is 94.6 Å². The third-order valence-electron chi connectivity index (χ3n) is 4.35. The highest BCUT2D eigenvalue weighted by molar-refractivity contribution is 5.87. The van der Waals surface area contributed by atoms with Gasteiger partial charge in [-0.3, -0.25) is 0 Å². The lowest BCUT2D eigenvalue weighted by atomic mass is 10.1. The molecule has 0 saturated carbocycles. The number of amides is 2. The molecule has 1 aromatic heterocycles. The van der Waals surface area contributed by atoms with Gasteiger partial charge in [0.1, 0.15) is 5.82 Å². The predicted molar refractivity (Wildman–Crippen MR) is 98.2 cm³/mol. The summed E-state index contributed by atoms with van der Waals surface area (Å²) in [4.78, 5) is 29.4. The molecule has 136 valence electrons. The molecule has 0 aliphatic carbocycles. The number of anilines is 1. The average molecular weight is 354 g/mol. The lowest BCUT2D eigenvalue weighted by Crippen LogP contribution is -2.34. The lowest BCUT2D eigenvalue weighted by Gasteiger charge is -2.17. The van der Waals surface area contributed by atoms with E-state index in [1.165, 1.54) is 25.0 Å². The Morgan fingerprint density at radius 1 is 1.00 bits per heavy atom. The number of pyridine rings is 1. The minimum atomic E-state index is -0.965. The Bertz CT molecular complexity index is 771. The normalized spacial score (nSPS) is 13.5. The van der Waals surface area contributed by atoms with E-state index in [1.807, 2.05) is 12.1 Å². The van der Waals surface area contributed by atoms with Gasteiger partial charge in [-0.15, -0.1) is 0 Å². The molecule has 1 saturated heterocycles. The molecule has 0 atom stereocenters. The molecule has 0 radical (unpaired) electrons. The second-order valence-electron chi connectivity index (χ2n) is 6.25. The van der Waals surface area contributed by atoms with Crippen LogP contribution >= 0.6 is 0 Å². The Balaban J connectivity index is 1.46. The number of carbonyl (C=O) groups excluding carboxylic acids is 1. The van der Waals surface area contributed by atoms with Crippen molar-refractivity contribution < 1.29 is 14.7 Å². The van der Waals surface area contributed by atoms with Gasteiger partial charge in [0.15, 0.2) is 0 Å². The van der Waals surface area contributed by atoms with Gasteiger partial charge in [-0.2, -0.15) is 0 Å². The highest BCUT2D eigenvalue weighted by Gasteiger charge is 2.13. The third-order valence-corrected chi connectivity index (χ3v) is 4.35. The van der Waals surface area contributed by atoms with E-state index in [4.69, 9.17) is 5.11 Å². The molecule has 2 amide bonds. The van der Waals surface area contributed by atoms with Gasteiger partial charge < -0.3 is 20.6 Å². The predicted octanol–water partition coefficient (Wildman–Crippen LogP) is 2.38. The van der Waals surface area contributed by atoms with E-state index in [1.54, 1.807) is 18.3 Å². The van der Waals surface area contributed by atoms with Crippen molar-refractivity contribution in [2.45, 2.75) is 25.9 Å². The molecule has 2 heterocycles. The van der Waals surface area contributed by atoms with Gasteiger partial charge in [0.2, 0.25) is 0 Å². The number of aromatic carboxylic acids is 1. The van der Waals surface area contributed by atoms with Gasteiger partial charge in [0.25, 0.3) is 0 Å². The number of hydrogen-bond acceptors (Lipinski definition) is 4. The number of benzene rings is 1. The summed E-state index contributed by atoms with van der Waals surface area (Å²) in [6.45, 7) is 2.82. The summed E-state index contributed by atoms with van der Waals surface area (Å²) in [5, 5.41) is 14.5. The van der Waals surface area contributed by atoms with Crippen molar-refractivity contribution in [1.29, 1.82) is 0 Å². The summed E-state index contributed by atoms with van der Waals surface area (Å²) in [5.74, 6) is -0.00590. The van der Waals surface area contributed by atoms with Gasteiger partial charge in [-0.1, -0.05) is 12.1 Å². The number of hydrogen-bond donors (Lipinski definition) is 3. The first kappa shape index (κ1) is 17.7. The number of carboxylic acid groups (broad SMARTS) is 1. The zero-order valence-electron chi connectivity index (χ0n) is 14.4. The second kappa shape index (κ2) is 8.33. The molecule has 7 heteroatoms. The highest BCUT2D eigenvalue weighted by atomic mass is 16.4. The molecule has 3 rings (SSSR count). The summed E-state index contributed by atoms with van der Waals surface area (Å²) in [5.41, 5.74) is 2.07. The van der Waals surface area contributed by atoms with Gasteiger partial charge in [-0.05, 0) is 48.2 Å². The molecule has 7 nitrogen and oxygen atoms in total. The van der Waals surface area contributed by atoms with Crippen molar-refractivity contribution in [3.63, 3.8) is 0 Å². The highest BCUT2D eigenvalue weighted by Crippen LogP contribution is 2.18. The second-order valence-corrected chi connectivity index (χ2v) is 6.25. The molecule has 0 unspecified atom stereocenters. The summed E-state index contributed by atoms with van der Waals surface area (Å²) >= 11 is 0. The number of carbonyl (C=O) groups is 2. The van der Waals surface area contributed by atoms with Crippen molar-refractivity contribution in [2.75, 3.05) is 18.0 Å². The minimum Gasteiger partial charge on any atom is -0.478 e. The van der Waals surface area contributed by atoms with Crippen LogP contribution in [0.25, 0.3) is 0 Å². The third kappa shape index (κ3) is 4.72. The van der Waals surface area contributed by atoms with E-state index in [0.29, 0.717) is 13.1 Å². The van der Waals surface area contributed by atoms with Gasteiger partial charge in [-0.25, -0.2) is 14.6 Å². The van der Waals surface area contributed by atoms with E-state index in [-0.39, 0.29) is 11.6 Å². The van der Waals surface area contributed by atoms with Crippen molar-refractivity contribution in [1.82, 2.24) is 15.6 Å². The molecule has 1 aliphatic heterocycles. The Hall–Kier alpha value is -3.09. The summed E-state index contributed by atoms with van der Waals surface area (Å²) in [6.07, 6.45) is 4.16. The first-order chi connectivity index (χ1) is 12.6. The first-order valence-electron chi connectivity index (χ1n) is 8.65. The molecule has 3 N–H and O–H groups in total. The van der Waals surface area contributed by atoms with Crippen LogP contribution in [-0.2, 0) is 13.1 Å². The van der Waals surface area contributed by atoms with Crippen molar-refractivity contribution in [2.24, 2.45) is 0 Å². The van der Waals surface area contributed by atoms with Crippen LogP contribution < -0.4 is 15.5 Å². The number of rotatable bonds is 6. The summed E-state index contributed by atoms with van der Waals surface area (Å²) in [6, 6.07) is 10.1. The lowest BCUT2D eigenvalue weighted by molar-refractivity contribution is 0.0697. The van der Waals surface area contributed by atoms with Gasteiger partial charge in [0.05, 0.1) is 5.56 Å². The maximum absolute atomic E-state index is 12.0. The van der Waals surface area contributed by atoms with Crippen LogP contribution in [0.15, 0.2) is 42.6 Å². The Labute approximate surface area is 152 Å². The molecule has 0 spiro atoms. The van der Waals surface area contributed by atoms with Crippen LogP contribution in [0.1, 0.15) is 34.3 Å². The molecular weight excluding hydrogens is 332 g/mol. The van der Waals surface area contributed by atoms with E-state index < -0.39 is 5.97 Å². The first-order valence-corrected chi connectivity index (χ1v) is 8.65. The summed E-state index contributed by atoms with van der Waals surface area (Å²) < 4.78 is 0. The van der Waals surface area contributed by atoms with E-state index in [9.17, 15) is 9.59 Å². The maximum atomic E-state index is 12.0. The minimum absolute atomic E-state index is 0.227. The Kier molecular flexibility index (Phi) is 5.68. The van der Waals surface area contributed by atoms with Crippen molar-refractivity contribution in [3.05, 3.63) is 59.3 Å². The Morgan fingerprint density at radius 3 is 2.31 bits per heavy atom. The zero-order valence-corrected chi connectivity index (χ0v) is 14.4. The summed E-state index contributed by atoms with van der Waals surface area (Å²) in [7, 11) is 0. The van der Waals surface area contributed by atoms with Crippen LogP contribution in [-0.4, -0.2) is 35.2 Å². The number of aromatic nitrogens is 1. The SMILES string of the molecule is O=C(NCc1ccc(C(=O)O)cc1)NCc1ccnc(N2CCCC2)c1. The Morgan fingerprint density at radius 2 is 1.65 bits per heavy atom. The van der Waals surface area contributed by atoms with E-state index in [2.05, 4.69) is 20.5 Å². The number of nitrogens with one attached hydrogen (secondary N) is 2. The molecule has 1 aliphatic rings.